The number of hydrogen-bond donors (Lipinski definition) is 0. The maximum atomic E-state index is 12.3. The zero-order valence-electron chi connectivity index (χ0n) is 32.0. The maximum absolute atomic E-state index is 12.3. The fraction of sp³-hybridized carbons (Fsp3) is 0.857. The van der Waals surface area contributed by atoms with Crippen LogP contribution in [0.15, 0.2) is 0 Å². The van der Waals surface area contributed by atoms with Gasteiger partial charge in [-0.1, -0.05) is 20.8 Å². The van der Waals surface area contributed by atoms with Crippen molar-refractivity contribution in [2.45, 2.75) is 155 Å². The highest BCUT2D eigenvalue weighted by Gasteiger charge is 2.55. The Kier molecular flexibility index (Phi) is 15.0. The molecule has 0 radical (unpaired) electrons. The number of ether oxygens (including phenoxy) is 13. The molecule has 53 heavy (non-hydrogen) atoms. The number of carbonyl (C=O) groups excluding carboxylic acids is 5. The Morgan fingerprint density at radius 2 is 1.09 bits per heavy atom. The molecule has 14 atom stereocenters. The van der Waals surface area contributed by atoms with Crippen molar-refractivity contribution in [3.8, 4) is 0 Å². The SMILES string of the molecule is CC[C@H]1O[C@@H](OC[C@@H]2OCO[C@H]2[C@H]2OC(C)(C)O[C@@H]2CO[C@@H]2O[C@H](COC(C)=O)[C@@H](OC(C)=O)[C@H](OC(C)=O)[C@H]2OC(C)=O)[C@H](OC(C)=O)[C@@H](C)[C@@H]1C. The van der Waals surface area contributed by atoms with E-state index in [1.807, 2.05) is 13.8 Å². The van der Waals surface area contributed by atoms with Crippen molar-refractivity contribution in [1.82, 2.24) is 0 Å². The first kappa shape index (κ1) is 42.8. The van der Waals surface area contributed by atoms with E-state index in [0.717, 1.165) is 27.2 Å². The lowest BCUT2D eigenvalue weighted by atomic mass is 9.82. The summed E-state index contributed by atoms with van der Waals surface area (Å²) in [6, 6.07) is 0. The van der Waals surface area contributed by atoms with Crippen molar-refractivity contribution in [3.63, 3.8) is 0 Å². The minimum Gasteiger partial charge on any atom is -0.463 e. The summed E-state index contributed by atoms with van der Waals surface area (Å²) in [5.41, 5.74) is 0. The average molecular weight is 763 g/mol. The summed E-state index contributed by atoms with van der Waals surface area (Å²) in [7, 11) is 0. The summed E-state index contributed by atoms with van der Waals surface area (Å²) in [4.78, 5) is 60.3. The third kappa shape index (κ3) is 11.3. The Hall–Kier alpha value is -2.97. The first-order valence-electron chi connectivity index (χ1n) is 17.9. The molecule has 0 unspecified atom stereocenters. The minimum atomic E-state index is -1.43. The van der Waals surface area contributed by atoms with Gasteiger partial charge < -0.3 is 61.6 Å². The van der Waals surface area contributed by atoms with Gasteiger partial charge in [-0.05, 0) is 26.2 Å². The maximum Gasteiger partial charge on any atom is 0.303 e. The van der Waals surface area contributed by atoms with Gasteiger partial charge in [0.1, 0.15) is 43.9 Å². The molecule has 4 heterocycles. The van der Waals surface area contributed by atoms with E-state index in [2.05, 4.69) is 6.92 Å². The molecule has 302 valence electrons. The topological polar surface area (TPSA) is 205 Å². The predicted octanol–water partition coefficient (Wildman–Crippen LogP) is 1.70. The summed E-state index contributed by atoms with van der Waals surface area (Å²) in [5.74, 6) is -4.42. The molecule has 0 N–H and O–H groups in total. The van der Waals surface area contributed by atoms with Crippen LogP contribution in [-0.4, -0.2) is 136 Å². The quantitative estimate of drug-likeness (QED) is 0.182. The van der Waals surface area contributed by atoms with Gasteiger partial charge >= 0.3 is 29.8 Å². The van der Waals surface area contributed by atoms with Crippen LogP contribution in [0.25, 0.3) is 0 Å². The lowest BCUT2D eigenvalue weighted by Crippen LogP contribution is -2.63. The zero-order chi connectivity index (χ0) is 39.2. The summed E-state index contributed by atoms with van der Waals surface area (Å²) >= 11 is 0. The molecule has 0 aromatic rings. The number of carbonyl (C=O) groups is 5. The number of rotatable bonds is 14. The molecule has 4 aliphatic rings. The smallest absolute Gasteiger partial charge is 0.303 e. The Labute approximate surface area is 308 Å². The van der Waals surface area contributed by atoms with E-state index >= 15 is 0 Å². The second kappa shape index (κ2) is 18.6. The summed E-state index contributed by atoms with van der Waals surface area (Å²) in [6.45, 7) is 14.7. The van der Waals surface area contributed by atoms with Gasteiger partial charge in [0.15, 0.2) is 42.8 Å². The molecule has 0 saturated carbocycles. The monoisotopic (exact) mass is 762 g/mol. The molecule has 0 aromatic heterocycles. The van der Waals surface area contributed by atoms with Gasteiger partial charge in [0, 0.05) is 40.5 Å². The van der Waals surface area contributed by atoms with Gasteiger partial charge in [0.05, 0.1) is 19.3 Å². The third-order valence-electron chi connectivity index (χ3n) is 9.47. The molecule has 4 fully saturated rings. The third-order valence-corrected chi connectivity index (χ3v) is 9.47. The normalized spacial score (nSPS) is 38.1. The van der Waals surface area contributed by atoms with Gasteiger partial charge in [-0.3, -0.25) is 24.0 Å². The fourth-order valence-electron chi connectivity index (χ4n) is 7.05. The molecule has 4 aliphatic heterocycles. The van der Waals surface area contributed by atoms with Crippen LogP contribution in [0.4, 0.5) is 0 Å². The van der Waals surface area contributed by atoms with Crippen LogP contribution in [0.3, 0.4) is 0 Å². The van der Waals surface area contributed by atoms with Crippen molar-refractivity contribution in [1.29, 1.82) is 0 Å². The zero-order valence-corrected chi connectivity index (χ0v) is 32.0. The molecule has 0 bridgehead atoms. The summed E-state index contributed by atoms with van der Waals surface area (Å²) < 4.78 is 76.4. The second-order valence-corrected chi connectivity index (χ2v) is 14.1. The van der Waals surface area contributed by atoms with Gasteiger partial charge in [-0.25, -0.2) is 0 Å². The highest BCUT2D eigenvalue weighted by Crippen LogP contribution is 2.38. The van der Waals surface area contributed by atoms with Gasteiger partial charge in [0.25, 0.3) is 0 Å². The molecule has 18 heteroatoms. The van der Waals surface area contributed by atoms with Crippen molar-refractivity contribution >= 4 is 29.8 Å². The Morgan fingerprint density at radius 3 is 1.68 bits per heavy atom. The minimum absolute atomic E-state index is 0.00179. The first-order valence-corrected chi connectivity index (χ1v) is 17.9. The molecule has 0 amide bonds. The highest BCUT2D eigenvalue weighted by atomic mass is 16.8. The van der Waals surface area contributed by atoms with Crippen LogP contribution in [0.5, 0.6) is 0 Å². The van der Waals surface area contributed by atoms with Crippen molar-refractivity contribution in [2.24, 2.45) is 11.8 Å². The first-order chi connectivity index (χ1) is 24.9. The van der Waals surface area contributed by atoms with Crippen LogP contribution in [0.2, 0.25) is 0 Å². The van der Waals surface area contributed by atoms with E-state index in [1.54, 1.807) is 13.8 Å². The second-order valence-electron chi connectivity index (χ2n) is 14.1. The van der Waals surface area contributed by atoms with Crippen LogP contribution < -0.4 is 0 Å². The van der Waals surface area contributed by atoms with Crippen LogP contribution in [0.1, 0.15) is 75.7 Å². The Balaban J connectivity index is 1.53. The lowest BCUT2D eigenvalue weighted by Gasteiger charge is -2.44. The number of hydrogen-bond acceptors (Lipinski definition) is 18. The van der Waals surface area contributed by atoms with Gasteiger partial charge in [-0.2, -0.15) is 0 Å². The van der Waals surface area contributed by atoms with Crippen molar-refractivity contribution < 1.29 is 85.6 Å². The standard InChI is InChI=1S/C35H54O18/c1-11-23-16(2)17(3)27(46-19(5)37)33(50-23)42-12-24-28(45-15-44-24)30-26(52-35(9,10)53-30)14-43-34-32(49-22(8)40)31(48-21(7)39)29(47-20(6)38)25(51-34)13-41-18(4)36/h16-17,23-34H,11-15H2,1-10H3/t16-,17-,23+,24-,25+,26+,27+,28+,29+,30-,31-,32+,33+,34+/m0/s1. The molecule has 0 aromatic carbocycles. The molecular formula is C35H54O18. The largest absolute Gasteiger partial charge is 0.463 e. The lowest BCUT2D eigenvalue weighted by molar-refractivity contribution is -0.312. The van der Waals surface area contributed by atoms with Crippen LogP contribution >= 0.6 is 0 Å². The van der Waals surface area contributed by atoms with E-state index in [4.69, 9.17) is 61.6 Å². The van der Waals surface area contributed by atoms with Crippen molar-refractivity contribution in [2.75, 3.05) is 26.6 Å². The summed E-state index contributed by atoms with van der Waals surface area (Å²) in [6.07, 6.45) is -10.6. The van der Waals surface area contributed by atoms with Gasteiger partial charge in [-0.15, -0.1) is 0 Å². The summed E-state index contributed by atoms with van der Waals surface area (Å²) in [5, 5.41) is 0. The highest BCUT2D eigenvalue weighted by molar-refractivity contribution is 5.69. The van der Waals surface area contributed by atoms with E-state index in [9.17, 15) is 24.0 Å². The fourth-order valence-corrected chi connectivity index (χ4v) is 7.05. The molecular weight excluding hydrogens is 708 g/mol. The average Bonchev–Trinajstić information content (AvgIpc) is 3.65. The molecule has 4 rings (SSSR count). The van der Waals surface area contributed by atoms with E-state index in [0.29, 0.717) is 0 Å². The molecule has 4 saturated heterocycles. The van der Waals surface area contributed by atoms with E-state index < -0.39 is 110 Å². The van der Waals surface area contributed by atoms with E-state index in [1.165, 1.54) is 13.8 Å². The van der Waals surface area contributed by atoms with Crippen LogP contribution in [0, 0.1) is 11.8 Å². The predicted molar refractivity (Wildman–Crippen MR) is 175 cm³/mol. The van der Waals surface area contributed by atoms with Crippen LogP contribution in [-0.2, 0) is 85.6 Å². The Morgan fingerprint density at radius 1 is 0.566 bits per heavy atom. The Bertz CT molecular complexity index is 1290. The van der Waals surface area contributed by atoms with Gasteiger partial charge in [0.2, 0.25) is 0 Å². The molecule has 18 nitrogen and oxygen atoms in total. The molecule has 0 aliphatic carbocycles. The van der Waals surface area contributed by atoms with Crippen molar-refractivity contribution in [3.05, 3.63) is 0 Å². The molecule has 0 spiro atoms. The number of esters is 5. The van der Waals surface area contributed by atoms with E-state index in [-0.39, 0.29) is 37.9 Å².